The van der Waals surface area contributed by atoms with Crippen molar-refractivity contribution in [2.75, 3.05) is 26.4 Å². The number of nitrogens with one attached hydrogen (secondary N) is 1. The van der Waals surface area contributed by atoms with Crippen molar-refractivity contribution >= 4 is 0 Å². The van der Waals surface area contributed by atoms with Gasteiger partial charge in [-0.2, -0.15) is 0 Å². The topological polar surface area (TPSA) is 30.5 Å². The van der Waals surface area contributed by atoms with Gasteiger partial charge in [-0.3, -0.25) is 0 Å². The van der Waals surface area contributed by atoms with Crippen molar-refractivity contribution in [2.24, 2.45) is 11.8 Å². The smallest absolute Gasteiger partial charge is 0.0731 e. The lowest BCUT2D eigenvalue weighted by atomic mass is 9.78. The van der Waals surface area contributed by atoms with E-state index in [1.54, 1.807) is 0 Å². The Labute approximate surface area is 119 Å². The summed E-state index contributed by atoms with van der Waals surface area (Å²) >= 11 is 0. The Morgan fingerprint density at radius 2 is 1.89 bits per heavy atom. The molecule has 0 bridgehead atoms. The van der Waals surface area contributed by atoms with Crippen LogP contribution in [-0.2, 0) is 9.47 Å². The Kier molecular flexibility index (Phi) is 8.67. The van der Waals surface area contributed by atoms with Gasteiger partial charge in [-0.25, -0.2) is 0 Å². The van der Waals surface area contributed by atoms with Gasteiger partial charge >= 0.3 is 0 Å². The molecule has 0 spiro atoms. The first kappa shape index (κ1) is 16.9. The minimum absolute atomic E-state index is 0.367. The van der Waals surface area contributed by atoms with Crippen LogP contribution in [0.3, 0.4) is 0 Å². The second-order valence-electron chi connectivity index (χ2n) is 6.00. The maximum absolute atomic E-state index is 6.09. The summed E-state index contributed by atoms with van der Waals surface area (Å²) in [6, 6.07) is 0.533. The molecule has 3 heteroatoms. The molecule has 0 amide bonds. The first-order valence-electron chi connectivity index (χ1n) is 8.11. The van der Waals surface area contributed by atoms with E-state index in [-0.39, 0.29) is 0 Å². The summed E-state index contributed by atoms with van der Waals surface area (Å²) in [4.78, 5) is 0. The van der Waals surface area contributed by atoms with Gasteiger partial charge in [-0.05, 0) is 44.1 Å². The van der Waals surface area contributed by atoms with E-state index in [0.29, 0.717) is 12.1 Å². The molecule has 1 aliphatic rings. The molecule has 1 aliphatic carbocycles. The number of hydrogen-bond acceptors (Lipinski definition) is 3. The second kappa shape index (κ2) is 9.73. The molecule has 1 saturated carbocycles. The van der Waals surface area contributed by atoms with Crippen LogP contribution >= 0.6 is 0 Å². The van der Waals surface area contributed by atoms with Crippen molar-refractivity contribution in [3.8, 4) is 0 Å². The molecule has 0 aromatic rings. The van der Waals surface area contributed by atoms with Gasteiger partial charge in [0, 0.05) is 12.6 Å². The van der Waals surface area contributed by atoms with Crippen molar-refractivity contribution in [3.05, 3.63) is 0 Å². The Morgan fingerprint density at radius 1 is 1.11 bits per heavy atom. The Hall–Kier alpha value is -0.120. The highest BCUT2D eigenvalue weighted by Crippen LogP contribution is 2.31. The standard InChI is InChI=1S/C16H33NO2/c1-5-9-18-10-11-19-16-12-14(13(3)4)7-8-15(16)17-6-2/h13-17H,5-12H2,1-4H3. The number of ether oxygens (including phenoxy) is 2. The van der Waals surface area contributed by atoms with Gasteiger partial charge in [0.1, 0.15) is 0 Å². The maximum Gasteiger partial charge on any atom is 0.0731 e. The van der Waals surface area contributed by atoms with Crippen molar-refractivity contribution < 1.29 is 9.47 Å². The van der Waals surface area contributed by atoms with Gasteiger partial charge in [0.15, 0.2) is 0 Å². The molecule has 3 unspecified atom stereocenters. The molecule has 19 heavy (non-hydrogen) atoms. The van der Waals surface area contributed by atoms with Crippen LogP contribution in [0, 0.1) is 11.8 Å². The molecule has 3 nitrogen and oxygen atoms in total. The lowest BCUT2D eigenvalue weighted by Gasteiger charge is -2.38. The largest absolute Gasteiger partial charge is 0.379 e. The van der Waals surface area contributed by atoms with Crippen LogP contribution in [0.2, 0.25) is 0 Å². The highest BCUT2D eigenvalue weighted by molar-refractivity contribution is 4.86. The number of likely N-dealkylation sites (N-methyl/N-ethyl adjacent to an activating group) is 1. The third-order valence-electron chi connectivity index (χ3n) is 4.15. The van der Waals surface area contributed by atoms with Crippen LogP contribution < -0.4 is 5.32 Å². The Balaban J connectivity index is 2.34. The monoisotopic (exact) mass is 271 g/mol. The van der Waals surface area contributed by atoms with Crippen molar-refractivity contribution in [1.82, 2.24) is 5.32 Å². The maximum atomic E-state index is 6.09. The molecule has 1 fully saturated rings. The van der Waals surface area contributed by atoms with E-state index < -0.39 is 0 Å². The fourth-order valence-electron chi connectivity index (χ4n) is 2.95. The minimum atomic E-state index is 0.367. The molecule has 0 aliphatic heterocycles. The van der Waals surface area contributed by atoms with Crippen LogP contribution in [0.1, 0.15) is 53.4 Å². The summed E-state index contributed by atoms with van der Waals surface area (Å²) in [5.74, 6) is 1.58. The van der Waals surface area contributed by atoms with E-state index in [9.17, 15) is 0 Å². The second-order valence-corrected chi connectivity index (χ2v) is 6.00. The summed E-state index contributed by atoms with van der Waals surface area (Å²) in [5.41, 5.74) is 0. The predicted octanol–water partition coefficient (Wildman–Crippen LogP) is 3.23. The van der Waals surface area contributed by atoms with Crippen LogP contribution in [0.4, 0.5) is 0 Å². The molecule has 114 valence electrons. The predicted molar refractivity (Wildman–Crippen MR) is 80.5 cm³/mol. The third-order valence-corrected chi connectivity index (χ3v) is 4.15. The summed E-state index contributed by atoms with van der Waals surface area (Å²) in [5, 5.41) is 3.58. The Morgan fingerprint density at radius 3 is 2.53 bits per heavy atom. The molecular weight excluding hydrogens is 238 g/mol. The molecule has 3 atom stereocenters. The van der Waals surface area contributed by atoms with E-state index in [1.165, 1.54) is 19.3 Å². The summed E-state index contributed by atoms with van der Waals surface area (Å²) in [6.45, 7) is 12.3. The van der Waals surface area contributed by atoms with Crippen LogP contribution in [0.15, 0.2) is 0 Å². The average molecular weight is 271 g/mol. The number of hydrogen-bond donors (Lipinski definition) is 1. The van der Waals surface area contributed by atoms with Gasteiger partial charge in [0.05, 0.1) is 19.3 Å². The first-order valence-corrected chi connectivity index (χ1v) is 8.11. The van der Waals surface area contributed by atoms with Crippen LogP contribution in [0.5, 0.6) is 0 Å². The van der Waals surface area contributed by atoms with Crippen molar-refractivity contribution in [1.29, 1.82) is 0 Å². The zero-order valence-corrected chi connectivity index (χ0v) is 13.3. The molecule has 1 rings (SSSR count). The van der Waals surface area contributed by atoms with Gasteiger partial charge in [-0.1, -0.05) is 27.7 Å². The summed E-state index contributed by atoms with van der Waals surface area (Å²) < 4.78 is 11.6. The quantitative estimate of drug-likeness (QED) is 0.653. The first-order chi connectivity index (χ1) is 9.19. The zero-order valence-electron chi connectivity index (χ0n) is 13.3. The van der Waals surface area contributed by atoms with E-state index in [4.69, 9.17) is 9.47 Å². The van der Waals surface area contributed by atoms with Gasteiger partial charge in [-0.15, -0.1) is 0 Å². The minimum Gasteiger partial charge on any atom is -0.379 e. The molecule has 0 radical (unpaired) electrons. The van der Waals surface area contributed by atoms with E-state index in [0.717, 1.165) is 44.6 Å². The van der Waals surface area contributed by atoms with Gasteiger partial charge in [0.2, 0.25) is 0 Å². The zero-order chi connectivity index (χ0) is 14.1. The summed E-state index contributed by atoms with van der Waals surface area (Å²) in [7, 11) is 0. The lowest BCUT2D eigenvalue weighted by molar-refractivity contribution is -0.0402. The molecule has 0 aromatic heterocycles. The third kappa shape index (κ3) is 6.24. The fourth-order valence-corrected chi connectivity index (χ4v) is 2.95. The van der Waals surface area contributed by atoms with Gasteiger partial charge in [0.25, 0.3) is 0 Å². The number of rotatable bonds is 9. The van der Waals surface area contributed by atoms with Gasteiger partial charge < -0.3 is 14.8 Å². The van der Waals surface area contributed by atoms with Crippen LogP contribution in [-0.4, -0.2) is 38.5 Å². The Bertz CT molecular complexity index is 221. The molecule has 0 aromatic carbocycles. The lowest BCUT2D eigenvalue weighted by Crippen LogP contribution is -2.46. The highest BCUT2D eigenvalue weighted by atomic mass is 16.5. The highest BCUT2D eigenvalue weighted by Gasteiger charge is 2.31. The van der Waals surface area contributed by atoms with Crippen molar-refractivity contribution in [2.45, 2.75) is 65.5 Å². The molecule has 0 saturated heterocycles. The summed E-state index contributed by atoms with van der Waals surface area (Å²) in [6.07, 6.45) is 5.23. The normalized spacial score (nSPS) is 27.9. The fraction of sp³-hybridized carbons (Fsp3) is 1.00. The van der Waals surface area contributed by atoms with Crippen molar-refractivity contribution in [3.63, 3.8) is 0 Å². The average Bonchev–Trinajstić information content (AvgIpc) is 2.40. The SMILES string of the molecule is CCCOCCOC1CC(C(C)C)CCC1NCC. The van der Waals surface area contributed by atoms with E-state index in [2.05, 4.69) is 33.0 Å². The van der Waals surface area contributed by atoms with E-state index in [1.807, 2.05) is 0 Å². The van der Waals surface area contributed by atoms with Crippen LogP contribution in [0.25, 0.3) is 0 Å². The molecule has 1 N–H and O–H groups in total. The van der Waals surface area contributed by atoms with E-state index >= 15 is 0 Å². The molecule has 0 heterocycles. The molecular formula is C16H33NO2.